The summed E-state index contributed by atoms with van der Waals surface area (Å²) in [4.78, 5) is 20.8. The van der Waals surface area contributed by atoms with Crippen LogP contribution in [-0.2, 0) is 20.7 Å². The second-order valence-electron chi connectivity index (χ2n) is 7.89. The van der Waals surface area contributed by atoms with Crippen LogP contribution in [0.15, 0.2) is 48.6 Å². The fourth-order valence-corrected chi connectivity index (χ4v) is 4.03. The van der Waals surface area contributed by atoms with Crippen LogP contribution in [0.1, 0.15) is 57.9 Å². The van der Waals surface area contributed by atoms with Gasteiger partial charge in [-0.25, -0.2) is 9.78 Å². The van der Waals surface area contributed by atoms with Crippen LogP contribution in [0.5, 0.6) is 5.75 Å². The van der Waals surface area contributed by atoms with Crippen LogP contribution in [0.25, 0.3) is 0 Å². The highest BCUT2D eigenvalue weighted by Gasteiger charge is 2.48. The van der Waals surface area contributed by atoms with Crippen LogP contribution < -0.4 is 4.74 Å². The van der Waals surface area contributed by atoms with E-state index in [9.17, 15) is 18.0 Å². The first kappa shape index (κ1) is 26.1. The van der Waals surface area contributed by atoms with E-state index in [1.54, 1.807) is 6.92 Å². The largest absolute Gasteiger partial charge is 0.494 e. The van der Waals surface area contributed by atoms with Crippen molar-refractivity contribution in [2.45, 2.75) is 70.8 Å². The number of ether oxygens (including phenoxy) is 1. The number of aldehydes is 1. The Morgan fingerprint density at radius 1 is 1.12 bits per heavy atom. The number of carbonyl (C=O) groups excluding carboxylic acids is 1. The van der Waals surface area contributed by atoms with Gasteiger partial charge in [0.2, 0.25) is 0 Å². The number of alkyl halides is 3. The molecule has 2 aliphatic rings. The van der Waals surface area contributed by atoms with Crippen molar-refractivity contribution in [1.29, 1.82) is 0 Å². The average molecular weight is 455 g/mol. The van der Waals surface area contributed by atoms with Crippen molar-refractivity contribution < 1.29 is 32.5 Å². The Hall–Kier alpha value is -2.12. The lowest BCUT2D eigenvalue weighted by Gasteiger charge is -2.27. The molecule has 1 aliphatic heterocycles. The van der Waals surface area contributed by atoms with Gasteiger partial charge in [-0.1, -0.05) is 30.4 Å². The van der Waals surface area contributed by atoms with E-state index in [0.717, 1.165) is 50.5 Å². The van der Waals surface area contributed by atoms with Gasteiger partial charge in [-0.15, -0.1) is 0 Å². The summed E-state index contributed by atoms with van der Waals surface area (Å²) in [6, 6.07) is 4.83. The molecule has 1 unspecified atom stereocenters. The molecule has 0 aromatic heterocycles. The molecule has 1 saturated carbocycles. The van der Waals surface area contributed by atoms with Crippen LogP contribution >= 0.6 is 0 Å². The van der Waals surface area contributed by atoms with Crippen LogP contribution in [0, 0.1) is 11.8 Å². The zero-order valence-electron chi connectivity index (χ0n) is 18.7. The number of hydrogen-bond donors (Lipinski definition) is 0. The smallest absolute Gasteiger partial charge is 0.416 e. The Labute approximate surface area is 188 Å². The number of halogens is 3. The summed E-state index contributed by atoms with van der Waals surface area (Å²) in [5, 5.41) is 0. The number of hydrogen-bond acceptors (Lipinski definition) is 4. The molecule has 178 valence electrons. The average Bonchev–Trinajstić information content (AvgIpc) is 3.36. The van der Waals surface area contributed by atoms with Gasteiger partial charge in [-0.2, -0.15) is 13.2 Å². The molecule has 0 radical (unpaired) electrons. The van der Waals surface area contributed by atoms with Gasteiger partial charge in [0.25, 0.3) is 0 Å². The molecule has 3 rings (SSSR count). The summed E-state index contributed by atoms with van der Waals surface area (Å²) >= 11 is 0. The molecule has 2 bridgehead atoms. The van der Waals surface area contributed by atoms with Gasteiger partial charge in [-0.05, 0) is 57.7 Å². The lowest BCUT2D eigenvalue weighted by molar-refractivity contribution is -0.336. The van der Waals surface area contributed by atoms with Gasteiger partial charge >= 0.3 is 6.18 Å². The summed E-state index contributed by atoms with van der Waals surface area (Å²) in [5.41, 5.74) is -0.682. The topological polar surface area (TPSA) is 44.8 Å². The molecular formula is C25H33F3O4. The second-order valence-corrected chi connectivity index (χ2v) is 7.89. The van der Waals surface area contributed by atoms with Crippen molar-refractivity contribution in [3.05, 3.63) is 54.1 Å². The molecule has 1 aliphatic carbocycles. The lowest BCUT2D eigenvalue weighted by Crippen LogP contribution is -2.28. The highest BCUT2D eigenvalue weighted by molar-refractivity contribution is 5.48. The third-order valence-electron chi connectivity index (χ3n) is 5.57. The minimum absolute atomic E-state index is 0.248. The van der Waals surface area contributed by atoms with Gasteiger partial charge in [0.1, 0.15) is 18.1 Å². The number of benzene rings is 1. The van der Waals surface area contributed by atoms with E-state index < -0.39 is 11.7 Å². The van der Waals surface area contributed by atoms with Crippen molar-refractivity contribution in [2.75, 3.05) is 6.61 Å². The summed E-state index contributed by atoms with van der Waals surface area (Å²) in [6.45, 7) is 4.15. The van der Waals surface area contributed by atoms with Crippen molar-refractivity contribution in [3.63, 3.8) is 0 Å². The Morgan fingerprint density at radius 3 is 2.56 bits per heavy atom. The predicted octanol–water partition coefficient (Wildman–Crippen LogP) is 6.71. The number of allylic oxidation sites excluding steroid dienone is 3. The molecule has 2 fully saturated rings. The highest BCUT2D eigenvalue weighted by Crippen LogP contribution is 2.44. The summed E-state index contributed by atoms with van der Waals surface area (Å²) < 4.78 is 41.4. The van der Waals surface area contributed by atoms with Gasteiger partial charge in [-0.3, -0.25) is 0 Å². The number of rotatable bonds is 10. The normalized spacial score (nSPS) is 24.7. The number of fused-ring (bicyclic) bond motifs is 2. The molecule has 7 heteroatoms. The van der Waals surface area contributed by atoms with E-state index >= 15 is 0 Å². The number of unbranched alkanes of at least 4 members (excludes halogenated alkanes) is 3. The zero-order chi connectivity index (χ0) is 23.4. The molecule has 0 N–H and O–H groups in total. The minimum Gasteiger partial charge on any atom is -0.494 e. The van der Waals surface area contributed by atoms with Crippen molar-refractivity contribution in [3.8, 4) is 5.75 Å². The molecular weight excluding hydrogens is 421 g/mol. The van der Waals surface area contributed by atoms with E-state index in [0.29, 0.717) is 24.9 Å². The fraction of sp³-hybridized carbons (Fsp3) is 0.560. The first-order chi connectivity index (χ1) is 15.4. The third kappa shape index (κ3) is 8.10. The van der Waals surface area contributed by atoms with Gasteiger partial charge < -0.3 is 9.53 Å². The zero-order valence-corrected chi connectivity index (χ0v) is 18.7. The van der Waals surface area contributed by atoms with Crippen LogP contribution in [-0.4, -0.2) is 25.1 Å². The predicted molar refractivity (Wildman–Crippen MR) is 117 cm³/mol. The molecule has 0 spiro atoms. The maximum absolute atomic E-state index is 12.2. The summed E-state index contributed by atoms with van der Waals surface area (Å²) in [7, 11) is 0. The summed E-state index contributed by atoms with van der Waals surface area (Å²) in [6.07, 6.45) is 12.1. The Balaban J connectivity index is 0.000000244. The van der Waals surface area contributed by atoms with Gasteiger partial charge in [0, 0.05) is 24.7 Å². The monoisotopic (exact) mass is 454 g/mol. The van der Waals surface area contributed by atoms with E-state index in [1.807, 2.05) is 0 Å². The van der Waals surface area contributed by atoms with Gasteiger partial charge in [0.05, 0.1) is 18.3 Å². The van der Waals surface area contributed by atoms with Crippen LogP contribution in [0.3, 0.4) is 0 Å². The van der Waals surface area contributed by atoms with Crippen LogP contribution in [0.4, 0.5) is 13.2 Å². The molecule has 1 aromatic carbocycles. The number of carbonyl (C=O) groups is 1. The summed E-state index contributed by atoms with van der Waals surface area (Å²) in [5.74, 6) is 1.31. The third-order valence-corrected chi connectivity index (χ3v) is 5.57. The highest BCUT2D eigenvalue weighted by atomic mass is 19.4. The molecule has 1 heterocycles. The second kappa shape index (κ2) is 13.4. The maximum atomic E-state index is 12.2. The van der Waals surface area contributed by atoms with Crippen molar-refractivity contribution in [1.82, 2.24) is 0 Å². The van der Waals surface area contributed by atoms with E-state index in [2.05, 4.69) is 31.2 Å². The Kier molecular flexibility index (Phi) is 11.0. The van der Waals surface area contributed by atoms with Crippen LogP contribution in [0.2, 0.25) is 0 Å². The lowest BCUT2D eigenvalue weighted by atomic mass is 9.89. The molecule has 0 amide bonds. The minimum atomic E-state index is -4.30. The SMILES string of the molecule is C/C=C/C1[C@@H](C/C=C\CCCCC=O)[C@@H]2C[C@H]1OO2.CCOc1cccc(C(F)(F)F)c1. The van der Waals surface area contributed by atoms with Crippen molar-refractivity contribution >= 4 is 6.29 Å². The van der Waals surface area contributed by atoms with E-state index in [4.69, 9.17) is 14.5 Å². The Bertz CT molecular complexity index is 745. The quantitative estimate of drug-likeness (QED) is 0.171. The molecule has 4 nitrogen and oxygen atoms in total. The molecule has 4 atom stereocenters. The first-order valence-electron chi connectivity index (χ1n) is 11.2. The molecule has 1 aromatic rings. The Morgan fingerprint density at radius 2 is 1.88 bits per heavy atom. The van der Waals surface area contributed by atoms with Crippen molar-refractivity contribution in [2.24, 2.45) is 11.8 Å². The fourth-order valence-electron chi connectivity index (χ4n) is 4.03. The maximum Gasteiger partial charge on any atom is 0.416 e. The first-order valence-corrected chi connectivity index (χ1v) is 11.2. The van der Waals surface area contributed by atoms with Gasteiger partial charge in [0.15, 0.2) is 0 Å². The van der Waals surface area contributed by atoms with E-state index in [1.165, 1.54) is 12.1 Å². The standard InChI is InChI=1S/C16H24O3.C9H9F3O/c1-2-9-13-14(16-12-15(13)18-19-16)10-7-5-3-4-6-8-11-17;1-2-13-8-5-3-4-7(6-8)9(10,11)12/h2,5,7,9,11,13-16H,3-4,6,8,10,12H2,1H3;3-6H,2H2,1H3/b7-5-,9-2+;/t13?,14-,15-,16+;/m1./s1. The van der Waals surface area contributed by atoms with E-state index in [-0.39, 0.29) is 18.0 Å². The molecule has 1 saturated heterocycles. The molecule has 32 heavy (non-hydrogen) atoms.